The summed E-state index contributed by atoms with van der Waals surface area (Å²) in [6, 6.07) is 11.0. The van der Waals surface area contributed by atoms with Gasteiger partial charge in [0.25, 0.3) is 5.91 Å². The van der Waals surface area contributed by atoms with E-state index in [-0.39, 0.29) is 5.91 Å². The van der Waals surface area contributed by atoms with Crippen molar-refractivity contribution in [3.8, 4) is 0 Å². The zero-order valence-electron chi connectivity index (χ0n) is 12.3. The summed E-state index contributed by atoms with van der Waals surface area (Å²) in [6.07, 6.45) is 0. The van der Waals surface area contributed by atoms with E-state index < -0.39 is 0 Å². The van der Waals surface area contributed by atoms with Crippen LogP contribution in [0.1, 0.15) is 15.9 Å². The van der Waals surface area contributed by atoms with E-state index in [0.717, 1.165) is 21.4 Å². The summed E-state index contributed by atoms with van der Waals surface area (Å²) < 4.78 is 0.961. The highest BCUT2D eigenvalue weighted by Gasteiger charge is 2.10. The lowest BCUT2D eigenvalue weighted by atomic mass is 10.1. The highest BCUT2D eigenvalue weighted by molar-refractivity contribution is 9.10. The Labute approximate surface area is 133 Å². The minimum absolute atomic E-state index is 0.178. The Morgan fingerprint density at radius 2 is 1.90 bits per heavy atom. The van der Waals surface area contributed by atoms with Crippen molar-refractivity contribution in [1.29, 1.82) is 0 Å². The molecule has 1 amide bonds. The first-order valence-electron chi connectivity index (χ1n) is 6.53. The average Bonchev–Trinajstić information content (AvgIpc) is 2.42. The highest BCUT2D eigenvalue weighted by atomic mass is 79.9. The molecular formula is C16H18BrN3O. The number of aryl methyl sites for hydroxylation is 1. The topological polar surface area (TPSA) is 58.4 Å². The predicted octanol–water partition coefficient (Wildman–Crippen LogP) is 3.66. The van der Waals surface area contributed by atoms with Crippen LogP contribution in [0.15, 0.2) is 40.9 Å². The van der Waals surface area contributed by atoms with E-state index in [2.05, 4.69) is 21.2 Å². The number of benzene rings is 2. The first kappa shape index (κ1) is 15.4. The van der Waals surface area contributed by atoms with Crippen molar-refractivity contribution in [2.75, 3.05) is 30.0 Å². The van der Waals surface area contributed by atoms with Crippen molar-refractivity contribution in [1.82, 2.24) is 0 Å². The highest BCUT2D eigenvalue weighted by Crippen LogP contribution is 2.24. The first-order valence-corrected chi connectivity index (χ1v) is 7.32. The van der Waals surface area contributed by atoms with Crippen LogP contribution in [0.3, 0.4) is 0 Å². The summed E-state index contributed by atoms with van der Waals surface area (Å²) in [6.45, 7) is 2.00. The quantitative estimate of drug-likeness (QED) is 0.833. The first-order chi connectivity index (χ1) is 9.88. The molecule has 0 saturated heterocycles. The number of anilines is 3. The Morgan fingerprint density at radius 1 is 1.19 bits per heavy atom. The number of nitrogens with one attached hydrogen (secondary N) is 1. The molecule has 2 rings (SSSR count). The smallest absolute Gasteiger partial charge is 0.255 e. The van der Waals surface area contributed by atoms with Gasteiger partial charge in [0.05, 0.1) is 11.4 Å². The minimum Gasteiger partial charge on any atom is -0.397 e. The van der Waals surface area contributed by atoms with Crippen LogP contribution in [0.2, 0.25) is 0 Å². The number of halogens is 1. The second-order valence-corrected chi connectivity index (χ2v) is 5.94. The molecule has 0 heterocycles. The van der Waals surface area contributed by atoms with Crippen molar-refractivity contribution in [2.45, 2.75) is 6.92 Å². The standard InChI is InChI=1S/C16H18BrN3O/c1-10-4-6-12(9-13(10)17)19-16(21)11-5-7-15(20(2)3)14(18)8-11/h4-9H,18H2,1-3H3,(H,19,21). The number of hydrogen-bond acceptors (Lipinski definition) is 3. The van der Waals surface area contributed by atoms with Crippen LogP contribution in [0.5, 0.6) is 0 Å². The zero-order chi connectivity index (χ0) is 15.6. The number of hydrogen-bond donors (Lipinski definition) is 2. The Hall–Kier alpha value is -2.01. The fourth-order valence-electron chi connectivity index (χ4n) is 1.98. The van der Waals surface area contributed by atoms with E-state index in [1.807, 2.05) is 50.2 Å². The number of carbonyl (C=O) groups is 1. The Balaban J connectivity index is 2.20. The van der Waals surface area contributed by atoms with E-state index in [0.29, 0.717) is 11.3 Å². The van der Waals surface area contributed by atoms with Crippen molar-refractivity contribution in [3.63, 3.8) is 0 Å². The van der Waals surface area contributed by atoms with Gasteiger partial charge in [0, 0.05) is 29.8 Å². The molecule has 21 heavy (non-hydrogen) atoms. The second kappa shape index (κ2) is 6.18. The molecule has 0 atom stereocenters. The summed E-state index contributed by atoms with van der Waals surface area (Å²) >= 11 is 3.45. The van der Waals surface area contributed by atoms with Crippen LogP contribution in [-0.4, -0.2) is 20.0 Å². The maximum atomic E-state index is 12.2. The summed E-state index contributed by atoms with van der Waals surface area (Å²) in [5.74, 6) is -0.178. The van der Waals surface area contributed by atoms with Crippen LogP contribution in [0.25, 0.3) is 0 Å². The van der Waals surface area contributed by atoms with Gasteiger partial charge in [-0.3, -0.25) is 4.79 Å². The average molecular weight is 348 g/mol. The van der Waals surface area contributed by atoms with Gasteiger partial charge in [0.15, 0.2) is 0 Å². The van der Waals surface area contributed by atoms with Gasteiger partial charge in [-0.2, -0.15) is 0 Å². The molecule has 110 valence electrons. The number of nitrogen functional groups attached to an aromatic ring is 1. The molecule has 0 fully saturated rings. The van der Waals surface area contributed by atoms with Crippen LogP contribution in [-0.2, 0) is 0 Å². The molecule has 0 saturated carbocycles. The van der Waals surface area contributed by atoms with E-state index in [9.17, 15) is 4.79 Å². The molecule has 3 N–H and O–H groups in total. The summed E-state index contributed by atoms with van der Waals surface area (Å²) in [5, 5.41) is 2.86. The fraction of sp³-hybridized carbons (Fsp3) is 0.188. The van der Waals surface area contributed by atoms with Crippen LogP contribution >= 0.6 is 15.9 Å². The molecule has 2 aromatic carbocycles. The molecule has 0 bridgehead atoms. The van der Waals surface area contributed by atoms with Crippen LogP contribution < -0.4 is 16.0 Å². The van der Waals surface area contributed by atoms with Gasteiger partial charge in [-0.1, -0.05) is 22.0 Å². The number of amides is 1. The fourth-order valence-corrected chi connectivity index (χ4v) is 2.36. The molecule has 0 unspecified atom stereocenters. The normalized spacial score (nSPS) is 10.3. The van der Waals surface area contributed by atoms with Gasteiger partial charge in [-0.25, -0.2) is 0 Å². The third kappa shape index (κ3) is 3.55. The second-order valence-electron chi connectivity index (χ2n) is 5.09. The van der Waals surface area contributed by atoms with Crippen molar-refractivity contribution in [2.24, 2.45) is 0 Å². The maximum Gasteiger partial charge on any atom is 0.255 e. The summed E-state index contributed by atoms with van der Waals surface area (Å²) in [7, 11) is 3.82. The molecule has 0 radical (unpaired) electrons. The number of nitrogens with zero attached hydrogens (tertiary/aromatic N) is 1. The maximum absolute atomic E-state index is 12.2. The van der Waals surface area contributed by atoms with Crippen molar-refractivity contribution < 1.29 is 4.79 Å². The molecule has 4 nitrogen and oxygen atoms in total. The van der Waals surface area contributed by atoms with Gasteiger partial charge < -0.3 is 16.0 Å². The Bertz CT molecular complexity index is 683. The zero-order valence-corrected chi connectivity index (χ0v) is 13.9. The molecule has 0 aliphatic carbocycles. The van der Waals surface area contributed by atoms with E-state index in [1.54, 1.807) is 12.1 Å². The number of rotatable bonds is 3. The van der Waals surface area contributed by atoms with Gasteiger partial charge >= 0.3 is 0 Å². The summed E-state index contributed by atoms with van der Waals surface area (Å²) in [5.41, 5.74) is 9.84. The Morgan fingerprint density at radius 3 is 2.48 bits per heavy atom. The molecule has 0 aromatic heterocycles. The minimum atomic E-state index is -0.178. The monoisotopic (exact) mass is 347 g/mol. The third-order valence-corrected chi connectivity index (χ3v) is 4.06. The number of carbonyl (C=O) groups excluding carboxylic acids is 1. The van der Waals surface area contributed by atoms with E-state index in [1.165, 1.54) is 0 Å². The molecule has 0 spiro atoms. The Kier molecular flexibility index (Phi) is 4.53. The largest absolute Gasteiger partial charge is 0.397 e. The molecule has 0 aliphatic rings. The van der Waals surface area contributed by atoms with Crippen molar-refractivity contribution in [3.05, 3.63) is 52.0 Å². The van der Waals surface area contributed by atoms with Gasteiger partial charge in [0.1, 0.15) is 0 Å². The van der Waals surface area contributed by atoms with Crippen LogP contribution in [0, 0.1) is 6.92 Å². The predicted molar refractivity (Wildman–Crippen MR) is 92.0 cm³/mol. The van der Waals surface area contributed by atoms with Crippen LogP contribution in [0.4, 0.5) is 17.1 Å². The SMILES string of the molecule is Cc1ccc(NC(=O)c2ccc(N(C)C)c(N)c2)cc1Br. The molecule has 2 aromatic rings. The van der Waals surface area contributed by atoms with Gasteiger partial charge in [-0.15, -0.1) is 0 Å². The number of nitrogens with two attached hydrogens (primary N) is 1. The van der Waals surface area contributed by atoms with Gasteiger partial charge in [0.2, 0.25) is 0 Å². The van der Waals surface area contributed by atoms with Crippen molar-refractivity contribution >= 4 is 38.9 Å². The lowest BCUT2D eigenvalue weighted by Gasteiger charge is -2.16. The molecule has 5 heteroatoms. The lowest BCUT2D eigenvalue weighted by molar-refractivity contribution is 0.102. The van der Waals surface area contributed by atoms with Gasteiger partial charge in [-0.05, 0) is 42.8 Å². The molecule has 0 aliphatic heterocycles. The molecular weight excluding hydrogens is 330 g/mol. The van der Waals surface area contributed by atoms with E-state index >= 15 is 0 Å². The third-order valence-electron chi connectivity index (χ3n) is 3.20. The van der Waals surface area contributed by atoms with E-state index in [4.69, 9.17) is 5.73 Å². The summed E-state index contributed by atoms with van der Waals surface area (Å²) in [4.78, 5) is 14.2. The lowest BCUT2D eigenvalue weighted by Crippen LogP contribution is -2.15.